The molecular weight excluding hydrogens is 392 g/mol. The van der Waals surface area contributed by atoms with E-state index in [2.05, 4.69) is 4.98 Å². The zero-order chi connectivity index (χ0) is 22.1. The number of amides is 1. The normalized spacial score (nSPS) is 16.1. The molecule has 0 saturated heterocycles. The number of rotatable bonds is 5. The highest BCUT2D eigenvalue weighted by atomic mass is 16.5. The minimum atomic E-state index is -0.939. The molecule has 1 N–H and O–H groups in total. The lowest BCUT2D eigenvalue weighted by Gasteiger charge is -2.32. The summed E-state index contributed by atoms with van der Waals surface area (Å²) in [7, 11) is 0. The van der Waals surface area contributed by atoms with E-state index in [1.54, 1.807) is 13.1 Å². The Kier molecular flexibility index (Phi) is 5.46. The van der Waals surface area contributed by atoms with Gasteiger partial charge in [-0.25, -0.2) is 0 Å². The molecular formula is C25H24N2O4. The van der Waals surface area contributed by atoms with Crippen LogP contribution in [0.1, 0.15) is 53.5 Å². The summed E-state index contributed by atoms with van der Waals surface area (Å²) in [5.74, 6) is -0.947. The van der Waals surface area contributed by atoms with E-state index >= 15 is 0 Å². The number of hydrogen-bond donors (Lipinski definition) is 1. The second-order valence-electron chi connectivity index (χ2n) is 7.76. The van der Waals surface area contributed by atoms with Crippen molar-refractivity contribution in [2.45, 2.75) is 39.3 Å². The Balaban J connectivity index is 1.52. The number of nitrogens with zero attached hydrogens (tertiary/aromatic N) is 1. The van der Waals surface area contributed by atoms with Crippen LogP contribution in [-0.2, 0) is 14.3 Å². The molecule has 0 bridgehead atoms. The van der Waals surface area contributed by atoms with Crippen LogP contribution in [0.4, 0.5) is 0 Å². The van der Waals surface area contributed by atoms with E-state index in [4.69, 9.17) is 4.74 Å². The van der Waals surface area contributed by atoms with Crippen molar-refractivity contribution in [3.63, 3.8) is 0 Å². The number of carbonyl (C=O) groups excluding carboxylic acids is 3. The summed E-state index contributed by atoms with van der Waals surface area (Å²) in [6.45, 7) is 4.87. The number of aromatic amines is 1. The molecule has 0 radical (unpaired) electrons. The third kappa shape index (κ3) is 3.89. The van der Waals surface area contributed by atoms with E-state index in [1.165, 1.54) is 11.8 Å². The van der Waals surface area contributed by atoms with Gasteiger partial charge in [0.05, 0.1) is 12.5 Å². The second-order valence-corrected chi connectivity index (χ2v) is 7.76. The van der Waals surface area contributed by atoms with Crippen LogP contribution in [-0.4, -0.2) is 33.6 Å². The van der Waals surface area contributed by atoms with E-state index in [1.807, 2.05) is 61.5 Å². The summed E-state index contributed by atoms with van der Waals surface area (Å²) in [4.78, 5) is 42.7. The highest BCUT2D eigenvalue weighted by molar-refractivity contribution is 6.11. The Labute approximate surface area is 180 Å². The van der Waals surface area contributed by atoms with Crippen LogP contribution < -0.4 is 0 Å². The summed E-state index contributed by atoms with van der Waals surface area (Å²) in [6.07, 6.45) is 2.56. The van der Waals surface area contributed by atoms with Crippen molar-refractivity contribution in [1.82, 2.24) is 9.88 Å². The lowest BCUT2D eigenvalue weighted by molar-refractivity contribution is -0.148. The number of H-pyrrole nitrogens is 1. The quantitative estimate of drug-likeness (QED) is 0.489. The van der Waals surface area contributed by atoms with Crippen molar-refractivity contribution < 1.29 is 19.1 Å². The van der Waals surface area contributed by atoms with Crippen LogP contribution in [0.15, 0.2) is 54.7 Å². The van der Waals surface area contributed by atoms with Crippen LogP contribution in [0, 0.1) is 6.92 Å². The number of carbonyl (C=O) groups is 3. The minimum absolute atomic E-state index is 0.0363. The molecule has 0 unspecified atom stereocenters. The first-order chi connectivity index (χ1) is 14.9. The van der Waals surface area contributed by atoms with Crippen molar-refractivity contribution >= 4 is 34.6 Å². The van der Waals surface area contributed by atoms with Gasteiger partial charge in [-0.2, -0.15) is 0 Å². The number of nitrogens with one attached hydrogen (secondary N) is 1. The van der Waals surface area contributed by atoms with Gasteiger partial charge < -0.3 is 14.6 Å². The Morgan fingerprint density at radius 2 is 1.81 bits per heavy atom. The maximum Gasteiger partial charge on any atom is 0.308 e. The first kappa shape index (κ1) is 20.6. The molecule has 0 fully saturated rings. The average molecular weight is 416 g/mol. The van der Waals surface area contributed by atoms with Gasteiger partial charge in [-0.1, -0.05) is 42.5 Å². The summed E-state index contributed by atoms with van der Waals surface area (Å²) >= 11 is 0. The highest BCUT2D eigenvalue weighted by Crippen LogP contribution is 2.33. The summed E-state index contributed by atoms with van der Waals surface area (Å²) in [6, 6.07) is 14.7. The Hall–Kier alpha value is -3.67. The average Bonchev–Trinajstić information content (AvgIpc) is 3.08. The minimum Gasteiger partial charge on any atom is -0.454 e. The molecule has 0 aliphatic carbocycles. The largest absolute Gasteiger partial charge is 0.454 e. The molecule has 2 atom stereocenters. The number of aromatic nitrogens is 1. The van der Waals surface area contributed by atoms with Gasteiger partial charge in [-0.3, -0.25) is 14.4 Å². The van der Waals surface area contributed by atoms with Gasteiger partial charge in [0.25, 0.3) is 0 Å². The van der Waals surface area contributed by atoms with Crippen LogP contribution >= 0.6 is 0 Å². The molecule has 1 amide bonds. The Morgan fingerprint density at radius 3 is 2.58 bits per heavy atom. The number of esters is 1. The molecule has 6 heteroatoms. The molecule has 158 valence electrons. The van der Waals surface area contributed by atoms with Crippen molar-refractivity contribution in [3.8, 4) is 0 Å². The van der Waals surface area contributed by atoms with Crippen LogP contribution in [0.25, 0.3) is 17.0 Å². The first-order valence-electron chi connectivity index (χ1n) is 10.2. The van der Waals surface area contributed by atoms with Gasteiger partial charge >= 0.3 is 5.97 Å². The number of ether oxygens (including phenoxy) is 1. The zero-order valence-electron chi connectivity index (χ0n) is 17.7. The standard InChI is InChI=1S/C25H24N2O4/c1-15-24(20-10-6-7-11-21(20)26-15)25(30)16(2)31-23(29)14-22-19-9-5-4-8-18(19)12-13-27(22)17(3)28/h4-13,16,22,26H,14H2,1-3H3/t16-,22-/m1/s1. The maximum atomic E-state index is 13.1. The Bertz CT molecular complexity index is 1210. The lowest BCUT2D eigenvalue weighted by Crippen LogP contribution is -2.33. The molecule has 31 heavy (non-hydrogen) atoms. The second kappa shape index (κ2) is 8.22. The number of hydrogen-bond acceptors (Lipinski definition) is 4. The van der Waals surface area contributed by atoms with Gasteiger partial charge in [-0.05, 0) is 37.1 Å². The molecule has 4 rings (SSSR count). The first-order valence-corrected chi connectivity index (χ1v) is 10.2. The van der Waals surface area contributed by atoms with Crippen molar-refractivity contribution in [2.24, 2.45) is 0 Å². The van der Waals surface area contributed by atoms with E-state index in [-0.39, 0.29) is 18.1 Å². The van der Waals surface area contributed by atoms with E-state index < -0.39 is 18.1 Å². The number of para-hydroxylation sites is 1. The molecule has 0 spiro atoms. The fourth-order valence-electron chi connectivity index (χ4n) is 4.17. The fraction of sp³-hybridized carbons (Fsp3) is 0.240. The van der Waals surface area contributed by atoms with Gasteiger partial charge in [0.2, 0.25) is 11.7 Å². The van der Waals surface area contributed by atoms with Crippen molar-refractivity contribution in [1.29, 1.82) is 0 Å². The topological polar surface area (TPSA) is 79.5 Å². The third-order valence-electron chi connectivity index (χ3n) is 5.65. The van der Waals surface area contributed by atoms with E-state index in [0.717, 1.165) is 27.7 Å². The third-order valence-corrected chi connectivity index (χ3v) is 5.65. The maximum absolute atomic E-state index is 13.1. The SMILES string of the molecule is CC(=O)N1C=Cc2ccccc2[C@H]1CC(=O)O[C@H](C)C(=O)c1c(C)[nH]c2ccccc12. The molecule has 1 aliphatic heterocycles. The number of aryl methyl sites for hydroxylation is 1. The smallest absolute Gasteiger partial charge is 0.308 e. The number of benzene rings is 2. The molecule has 6 nitrogen and oxygen atoms in total. The van der Waals surface area contributed by atoms with Gasteiger partial charge in [0.15, 0.2) is 6.10 Å². The van der Waals surface area contributed by atoms with Gasteiger partial charge in [0.1, 0.15) is 0 Å². The number of Topliss-reactive ketones (excluding diaryl/α,β-unsaturated/α-hetero) is 1. The lowest BCUT2D eigenvalue weighted by atomic mass is 9.94. The highest BCUT2D eigenvalue weighted by Gasteiger charge is 2.31. The van der Waals surface area contributed by atoms with Crippen LogP contribution in [0.3, 0.4) is 0 Å². The van der Waals surface area contributed by atoms with Crippen LogP contribution in [0.5, 0.6) is 0 Å². The van der Waals surface area contributed by atoms with Crippen molar-refractivity contribution in [3.05, 3.63) is 77.1 Å². The van der Waals surface area contributed by atoms with Gasteiger partial charge in [0, 0.05) is 35.3 Å². The summed E-state index contributed by atoms with van der Waals surface area (Å²) in [5, 5.41) is 0.807. The molecule has 3 aromatic rings. The van der Waals surface area contributed by atoms with E-state index in [9.17, 15) is 14.4 Å². The molecule has 2 heterocycles. The summed E-state index contributed by atoms with van der Waals surface area (Å²) < 4.78 is 5.52. The molecule has 1 aromatic heterocycles. The fourth-order valence-corrected chi connectivity index (χ4v) is 4.17. The number of fused-ring (bicyclic) bond motifs is 2. The van der Waals surface area contributed by atoms with Gasteiger partial charge in [-0.15, -0.1) is 0 Å². The molecule has 0 saturated carbocycles. The predicted octanol–water partition coefficient (Wildman–Crippen LogP) is 4.55. The number of ketones is 1. The zero-order valence-corrected chi connectivity index (χ0v) is 17.7. The Morgan fingerprint density at radius 1 is 1.10 bits per heavy atom. The predicted molar refractivity (Wildman–Crippen MR) is 118 cm³/mol. The summed E-state index contributed by atoms with van der Waals surface area (Å²) in [5.41, 5.74) is 3.97. The van der Waals surface area contributed by atoms with Crippen molar-refractivity contribution in [2.75, 3.05) is 0 Å². The molecule has 2 aromatic carbocycles. The molecule has 1 aliphatic rings. The van der Waals surface area contributed by atoms with Crippen LogP contribution in [0.2, 0.25) is 0 Å². The van der Waals surface area contributed by atoms with E-state index in [0.29, 0.717) is 5.56 Å². The monoisotopic (exact) mass is 416 g/mol.